The maximum atomic E-state index is 13.8. The molecule has 0 fully saturated rings. The van der Waals surface area contributed by atoms with Crippen molar-refractivity contribution in [3.63, 3.8) is 0 Å². The van der Waals surface area contributed by atoms with E-state index in [1.807, 2.05) is 31.2 Å². The van der Waals surface area contributed by atoms with E-state index in [0.717, 1.165) is 21.9 Å². The van der Waals surface area contributed by atoms with Gasteiger partial charge in [0.05, 0.1) is 19.0 Å². The van der Waals surface area contributed by atoms with Gasteiger partial charge in [-0.25, -0.2) is 9.37 Å². The Morgan fingerprint density at radius 1 is 1.24 bits per heavy atom. The SMILES string of the molecule is COc1ccc(-c2nc(NN=Cc3ccc(Br)cc3F)sc2C)cc1. The van der Waals surface area contributed by atoms with E-state index in [1.165, 1.54) is 23.6 Å². The van der Waals surface area contributed by atoms with Crippen LogP contribution < -0.4 is 10.2 Å². The fraction of sp³-hybridized carbons (Fsp3) is 0.111. The zero-order valence-corrected chi connectivity index (χ0v) is 16.0. The molecule has 4 nitrogen and oxygen atoms in total. The summed E-state index contributed by atoms with van der Waals surface area (Å²) in [4.78, 5) is 5.62. The van der Waals surface area contributed by atoms with E-state index in [1.54, 1.807) is 19.2 Å². The van der Waals surface area contributed by atoms with Crippen molar-refractivity contribution in [2.75, 3.05) is 12.5 Å². The molecule has 0 saturated carbocycles. The highest BCUT2D eigenvalue weighted by atomic mass is 79.9. The van der Waals surface area contributed by atoms with Gasteiger partial charge in [0.1, 0.15) is 11.6 Å². The Balaban J connectivity index is 1.74. The molecule has 0 amide bonds. The number of nitrogens with zero attached hydrogens (tertiary/aromatic N) is 2. The average Bonchev–Trinajstić information content (AvgIpc) is 2.97. The molecule has 1 aromatic heterocycles. The van der Waals surface area contributed by atoms with Crippen LogP contribution in [0.15, 0.2) is 52.0 Å². The van der Waals surface area contributed by atoms with Gasteiger partial charge in [-0.05, 0) is 49.4 Å². The van der Waals surface area contributed by atoms with Gasteiger partial charge < -0.3 is 4.74 Å². The van der Waals surface area contributed by atoms with E-state index in [0.29, 0.717) is 15.2 Å². The summed E-state index contributed by atoms with van der Waals surface area (Å²) in [5.41, 5.74) is 5.16. The molecule has 128 valence electrons. The highest BCUT2D eigenvalue weighted by Gasteiger charge is 2.09. The number of halogens is 2. The van der Waals surface area contributed by atoms with Crippen molar-refractivity contribution < 1.29 is 9.13 Å². The fourth-order valence-corrected chi connectivity index (χ4v) is 3.34. The van der Waals surface area contributed by atoms with Crippen molar-refractivity contribution in [1.29, 1.82) is 0 Å². The first-order valence-electron chi connectivity index (χ1n) is 7.43. The van der Waals surface area contributed by atoms with Crippen LogP contribution in [0.25, 0.3) is 11.3 Å². The van der Waals surface area contributed by atoms with Gasteiger partial charge in [-0.3, -0.25) is 5.43 Å². The van der Waals surface area contributed by atoms with Crippen LogP contribution in [0, 0.1) is 12.7 Å². The molecule has 0 radical (unpaired) electrons. The summed E-state index contributed by atoms with van der Waals surface area (Å²) in [5.74, 6) is 0.463. The average molecular weight is 420 g/mol. The van der Waals surface area contributed by atoms with E-state index in [4.69, 9.17) is 4.74 Å². The number of aromatic nitrogens is 1. The van der Waals surface area contributed by atoms with Crippen molar-refractivity contribution in [2.24, 2.45) is 5.10 Å². The first kappa shape index (κ1) is 17.6. The summed E-state index contributed by atoms with van der Waals surface area (Å²) in [7, 11) is 1.64. The minimum absolute atomic E-state index is 0.339. The van der Waals surface area contributed by atoms with Crippen LogP contribution in [-0.2, 0) is 0 Å². The number of anilines is 1. The Bertz CT molecular complexity index is 909. The second-order valence-electron chi connectivity index (χ2n) is 5.19. The number of hydrogen-bond donors (Lipinski definition) is 1. The highest BCUT2D eigenvalue weighted by molar-refractivity contribution is 9.10. The van der Waals surface area contributed by atoms with Gasteiger partial charge in [0.25, 0.3) is 0 Å². The van der Waals surface area contributed by atoms with Gasteiger partial charge in [0.15, 0.2) is 0 Å². The maximum absolute atomic E-state index is 13.8. The third kappa shape index (κ3) is 4.24. The molecule has 0 aliphatic rings. The molecule has 0 spiro atoms. The highest BCUT2D eigenvalue weighted by Crippen LogP contribution is 2.31. The lowest BCUT2D eigenvalue weighted by Gasteiger charge is -2.01. The Hall–Kier alpha value is -2.25. The molecule has 2 aromatic carbocycles. The lowest BCUT2D eigenvalue weighted by Crippen LogP contribution is -1.93. The Morgan fingerprint density at radius 3 is 2.68 bits per heavy atom. The smallest absolute Gasteiger partial charge is 0.204 e. The lowest BCUT2D eigenvalue weighted by molar-refractivity contribution is 0.415. The topological polar surface area (TPSA) is 46.5 Å². The predicted molar refractivity (Wildman–Crippen MR) is 104 cm³/mol. The van der Waals surface area contributed by atoms with Crippen molar-refractivity contribution >= 4 is 38.6 Å². The summed E-state index contributed by atoms with van der Waals surface area (Å²) in [6.45, 7) is 2.00. The van der Waals surface area contributed by atoms with Gasteiger partial charge in [0, 0.05) is 20.5 Å². The number of thiazole rings is 1. The summed E-state index contributed by atoms with van der Waals surface area (Å²) < 4.78 is 19.6. The number of ether oxygens (including phenoxy) is 1. The van der Waals surface area contributed by atoms with E-state index < -0.39 is 0 Å². The molecular weight excluding hydrogens is 405 g/mol. The molecule has 7 heteroatoms. The molecular formula is C18H15BrFN3OS. The standard InChI is InChI=1S/C18H15BrFN3OS/c1-11-17(12-4-7-15(24-2)8-5-12)22-18(25-11)23-21-10-13-3-6-14(19)9-16(13)20/h3-10H,1-2H3,(H,22,23). The molecule has 25 heavy (non-hydrogen) atoms. The number of hydrazone groups is 1. The Labute approximate surface area is 157 Å². The monoisotopic (exact) mass is 419 g/mol. The Morgan fingerprint density at radius 2 is 2.00 bits per heavy atom. The minimum atomic E-state index is -0.339. The number of rotatable bonds is 5. The van der Waals surface area contributed by atoms with Crippen LogP contribution in [0.4, 0.5) is 9.52 Å². The number of hydrogen-bond acceptors (Lipinski definition) is 5. The molecule has 0 bridgehead atoms. The Kier molecular flexibility index (Phi) is 5.45. The van der Waals surface area contributed by atoms with Crippen molar-refractivity contribution in [1.82, 2.24) is 4.98 Å². The van der Waals surface area contributed by atoms with Crippen LogP contribution in [0.3, 0.4) is 0 Å². The van der Waals surface area contributed by atoms with E-state index in [9.17, 15) is 4.39 Å². The summed E-state index contributed by atoms with van der Waals surface area (Å²) in [6, 6.07) is 12.5. The van der Waals surface area contributed by atoms with E-state index in [2.05, 4.69) is 31.4 Å². The van der Waals surface area contributed by atoms with Gasteiger partial charge in [-0.2, -0.15) is 5.10 Å². The molecule has 0 saturated heterocycles. The predicted octanol–water partition coefficient (Wildman–Crippen LogP) is 5.47. The van der Waals surface area contributed by atoms with Crippen LogP contribution >= 0.6 is 27.3 Å². The van der Waals surface area contributed by atoms with Gasteiger partial charge in [0.2, 0.25) is 5.13 Å². The first-order valence-corrected chi connectivity index (χ1v) is 9.04. The van der Waals surface area contributed by atoms with E-state index in [-0.39, 0.29) is 5.82 Å². The molecule has 0 aliphatic carbocycles. The maximum Gasteiger partial charge on any atom is 0.204 e. The third-order valence-electron chi connectivity index (χ3n) is 3.49. The zero-order chi connectivity index (χ0) is 17.8. The summed E-state index contributed by atoms with van der Waals surface area (Å²) in [5, 5.41) is 4.73. The molecule has 0 atom stereocenters. The van der Waals surface area contributed by atoms with E-state index >= 15 is 0 Å². The molecule has 0 aliphatic heterocycles. The molecule has 3 aromatic rings. The van der Waals surface area contributed by atoms with Crippen LogP contribution in [-0.4, -0.2) is 18.3 Å². The van der Waals surface area contributed by atoms with Crippen LogP contribution in [0.2, 0.25) is 0 Å². The molecule has 0 unspecified atom stereocenters. The second-order valence-corrected chi connectivity index (χ2v) is 7.31. The second kappa shape index (κ2) is 7.76. The van der Waals surface area contributed by atoms with Crippen LogP contribution in [0.1, 0.15) is 10.4 Å². The largest absolute Gasteiger partial charge is 0.497 e. The van der Waals surface area contributed by atoms with Gasteiger partial charge >= 0.3 is 0 Å². The quantitative estimate of drug-likeness (QED) is 0.440. The summed E-state index contributed by atoms with van der Waals surface area (Å²) >= 11 is 4.72. The van der Waals surface area contributed by atoms with Gasteiger partial charge in [-0.1, -0.05) is 15.9 Å². The number of methoxy groups -OCH3 is 1. The fourth-order valence-electron chi connectivity index (χ4n) is 2.22. The number of aryl methyl sites for hydroxylation is 1. The van der Waals surface area contributed by atoms with Crippen LogP contribution in [0.5, 0.6) is 5.75 Å². The molecule has 1 heterocycles. The number of benzene rings is 2. The first-order chi connectivity index (χ1) is 12.1. The van der Waals surface area contributed by atoms with Crippen molar-refractivity contribution in [2.45, 2.75) is 6.92 Å². The number of nitrogens with one attached hydrogen (secondary N) is 1. The van der Waals surface area contributed by atoms with Crippen molar-refractivity contribution in [3.8, 4) is 17.0 Å². The summed E-state index contributed by atoms with van der Waals surface area (Å²) in [6.07, 6.45) is 1.44. The molecule has 1 N–H and O–H groups in total. The van der Waals surface area contributed by atoms with Crippen molar-refractivity contribution in [3.05, 3.63) is 63.2 Å². The third-order valence-corrected chi connectivity index (χ3v) is 4.86. The minimum Gasteiger partial charge on any atom is -0.497 e. The lowest BCUT2D eigenvalue weighted by atomic mass is 10.1. The zero-order valence-electron chi connectivity index (χ0n) is 13.6. The van der Waals surface area contributed by atoms with Gasteiger partial charge in [-0.15, -0.1) is 11.3 Å². The molecule has 3 rings (SSSR count). The normalized spacial score (nSPS) is 11.0.